The Labute approximate surface area is 344 Å². The largest absolute Gasteiger partial charge is 0.384 e. The second kappa shape index (κ2) is 20.2. The summed E-state index contributed by atoms with van der Waals surface area (Å²) in [7, 11) is -4.05. The van der Waals surface area contributed by atoms with Crippen LogP contribution in [-0.4, -0.2) is 99.0 Å². The van der Waals surface area contributed by atoms with Gasteiger partial charge in [0.1, 0.15) is 17.9 Å². The number of amidine groups is 1. The fraction of sp³-hybridized carbons (Fsp3) is 0.326. The highest BCUT2D eigenvalue weighted by atomic mass is 32.2. The average Bonchev–Trinajstić information content (AvgIpc) is 3.44. The van der Waals surface area contributed by atoms with Gasteiger partial charge in [0.25, 0.3) is 0 Å². The molecule has 4 aromatic carbocycles. The summed E-state index contributed by atoms with van der Waals surface area (Å²) >= 11 is 0. The number of nitrogen functional groups attached to an aromatic ring is 1. The van der Waals surface area contributed by atoms with Crippen LogP contribution in [0.15, 0.2) is 103 Å². The Morgan fingerprint density at radius 1 is 0.746 bits per heavy atom. The molecule has 0 aliphatic carbocycles. The van der Waals surface area contributed by atoms with E-state index in [-0.39, 0.29) is 62.4 Å². The molecular weight excluding hydrogens is 771 g/mol. The molecule has 0 aromatic heterocycles. The highest BCUT2D eigenvalue weighted by molar-refractivity contribution is 7.88. The average molecular weight is 822 g/mol. The predicted molar refractivity (Wildman–Crippen MR) is 225 cm³/mol. The second-order valence-electron chi connectivity index (χ2n) is 15.0. The number of rotatable bonds is 8. The number of carbonyl (C=O) groups is 4. The Hall–Kier alpha value is -5.94. The Kier molecular flexibility index (Phi) is 14.6. The number of benzene rings is 4. The minimum Gasteiger partial charge on any atom is -0.384 e. The highest BCUT2D eigenvalue weighted by Crippen LogP contribution is 2.15. The number of nitrogens with two attached hydrogens (primary N) is 1. The van der Waals surface area contributed by atoms with Crippen molar-refractivity contribution in [1.82, 2.24) is 30.5 Å². The summed E-state index contributed by atoms with van der Waals surface area (Å²) in [6.45, 7) is 3.58. The van der Waals surface area contributed by atoms with E-state index >= 15 is 0 Å². The molecule has 0 saturated carbocycles. The molecule has 4 aliphatic heterocycles. The summed E-state index contributed by atoms with van der Waals surface area (Å²) < 4.78 is 29.7. The van der Waals surface area contributed by atoms with Crippen molar-refractivity contribution in [2.45, 2.75) is 50.2 Å². The van der Waals surface area contributed by atoms with E-state index in [1.807, 2.05) is 12.1 Å². The lowest BCUT2D eigenvalue weighted by Crippen LogP contribution is -2.55. The topological polar surface area (TPSA) is 219 Å². The van der Waals surface area contributed by atoms with Crippen molar-refractivity contribution >= 4 is 45.2 Å². The van der Waals surface area contributed by atoms with E-state index < -0.39 is 33.9 Å². The molecule has 4 heterocycles. The zero-order valence-corrected chi connectivity index (χ0v) is 33.6. The van der Waals surface area contributed by atoms with Gasteiger partial charge in [-0.3, -0.25) is 34.4 Å². The number of amides is 4. The van der Waals surface area contributed by atoms with E-state index in [9.17, 15) is 27.6 Å². The number of hydrogen-bond donors (Lipinski definition) is 7. The number of hydrogen-bond acceptors (Lipinski definition) is 9. The molecule has 0 spiro atoms. The van der Waals surface area contributed by atoms with Gasteiger partial charge in [-0.1, -0.05) is 91.0 Å². The lowest BCUT2D eigenvalue weighted by atomic mass is 10.0. The van der Waals surface area contributed by atoms with Crippen LogP contribution in [0, 0.1) is 5.41 Å². The molecule has 2 unspecified atom stereocenters. The maximum atomic E-state index is 14.2. The third-order valence-corrected chi connectivity index (χ3v) is 11.6. The monoisotopic (exact) mass is 821 g/mol. The standard InChI is InChI=1S/C43H51N9O6S/c44-41(45)35-15-11-33(12-16-35)26-47-42(55)37-23-31-13-17-36(18-14-31)48-40(54)28-52-20-4-19-51(21-22-52)27-39(53)46-25-32-9-7-30(8-10-32)24-38(43(56)49-37)50-59(57,58)29-34-5-2-1-3-6-34/h1-3,5-18,37-38,50H,4,19-29H2,(H3,44,45)(H,46,53)(H,47,55)(H,48,54)(H,49,56)/t37-,38+/m0/s1. The van der Waals surface area contributed by atoms with E-state index in [0.717, 1.165) is 30.6 Å². The smallest absolute Gasteiger partial charge is 0.243 e. The third kappa shape index (κ3) is 13.3. The molecule has 8 N–H and O–H groups in total. The Balaban J connectivity index is 1.27. The number of carbonyl (C=O) groups excluding carboxylic acids is 4. The van der Waals surface area contributed by atoms with E-state index in [2.05, 4.69) is 35.8 Å². The Morgan fingerprint density at radius 3 is 2.02 bits per heavy atom. The summed E-state index contributed by atoms with van der Waals surface area (Å²) in [5.41, 5.74) is 10.1. The first-order valence-corrected chi connectivity index (χ1v) is 21.3. The SMILES string of the molecule is N=C(N)c1ccc(CNC(=O)[C@@H]2Cc3ccc(cc3)NC(=O)CN3CCCN(CC3)CC(=O)NCc3ccc(cc3)C[C@@H](NS(=O)(=O)Cc3ccccc3)C(=O)N2)cc1. The van der Waals surface area contributed by atoms with Crippen molar-refractivity contribution in [3.05, 3.63) is 137 Å². The first-order valence-electron chi connectivity index (χ1n) is 19.6. The molecule has 15 nitrogen and oxygen atoms in total. The van der Waals surface area contributed by atoms with E-state index in [1.54, 1.807) is 91.0 Å². The number of sulfonamides is 1. The van der Waals surface area contributed by atoms with Crippen LogP contribution in [0.4, 0.5) is 5.69 Å². The van der Waals surface area contributed by atoms with Gasteiger partial charge in [0, 0.05) is 43.9 Å². The minimum absolute atomic E-state index is 0.0241. The van der Waals surface area contributed by atoms with Crippen LogP contribution in [0.2, 0.25) is 0 Å². The fourth-order valence-corrected chi connectivity index (χ4v) is 8.37. The molecule has 1 fully saturated rings. The third-order valence-electron chi connectivity index (χ3n) is 10.2. The molecule has 310 valence electrons. The van der Waals surface area contributed by atoms with Gasteiger partial charge in [-0.15, -0.1) is 0 Å². The van der Waals surface area contributed by atoms with E-state index in [1.165, 1.54) is 0 Å². The molecule has 0 radical (unpaired) electrons. The van der Waals surface area contributed by atoms with Gasteiger partial charge in [-0.25, -0.2) is 13.1 Å². The summed E-state index contributed by atoms with van der Waals surface area (Å²) in [6, 6.07) is 27.3. The van der Waals surface area contributed by atoms with Crippen LogP contribution in [0.25, 0.3) is 0 Å². The molecule has 4 aliphatic rings. The number of nitrogens with zero attached hydrogens (tertiary/aromatic N) is 2. The van der Waals surface area contributed by atoms with Gasteiger partial charge in [-0.2, -0.15) is 0 Å². The summed E-state index contributed by atoms with van der Waals surface area (Å²) in [4.78, 5) is 58.3. The number of anilines is 1. The van der Waals surface area contributed by atoms with Crippen molar-refractivity contribution in [2.75, 3.05) is 44.6 Å². The van der Waals surface area contributed by atoms with Crippen LogP contribution in [0.3, 0.4) is 0 Å². The van der Waals surface area contributed by atoms with Gasteiger partial charge >= 0.3 is 0 Å². The maximum Gasteiger partial charge on any atom is 0.243 e. The summed E-state index contributed by atoms with van der Waals surface area (Å²) in [5.74, 6) is -1.95. The summed E-state index contributed by atoms with van der Waals surface area (Å²) in [5, 5.41) is 19.3. The fourth-order valence-electron chi connectivity index (χ4n) is 7.03. The van der Waals surface area contributed by atoms with Crippen molar-refractivity contribution < 1.29 is 27.6 Å². The van der Waals surface area contributed by atoms with Crippen molar-refractivity contribution in [3.63, 3.8) is 0 Å². The molecule has 59 heavy (non-hydrogen) atoms. The molecular formula is C43H51N9O6S. The van der Waals surface area contributed by atoms with Crippen LogP contribution < -0.4 is 31.7 Å². The molecule has 8 rings (SSSR count). The normalized spacial score (nSPS) is 20.9. The van der Waals surface area contributed by atoms with Gasteiger partial charge < -0.3 is 27.0 Å². The van der Waals surface area contributed by atoms with E-state index in [4.69, 9.17) is 11.1 Å². The molecule has 4 aromatic rings. The highest BCUT2D eigenvalue weighted by Gasteiger charge is 2.30. The number of fused-ring (bicyclic) bond motifs is 2. The minimum atomic E-state index is -4.05. The lowest BCUT2D eigenvalue weighted by Gasteiger charge is -2.24. The van der Waals surface area contributed by atoms with Crippen LogP contribution in [-0.2, 0) is 60.9 Å². The van der Waals surface area contributed by atoms with Gasteiger partial charge in [0.2, 0.25) is 33.7 Å². The molecule has 16 heteroatoms. The second-order valence-corrected chi connectivity index (χ2v) is 16.7. The predicted octanol–water partition coefficient (Wildman–Crippen LogP) is 1.62. The quantitative estimate of drug-likeness (QED) is 0.101. The van der Waals surface area contributed by atoms with Gasteiger partial charge in [0.15, 0.2) is 0 Å². The maximum absolute atomic E-state index is 14.2. The molecule has 1 saturated heterocycles. The molecule has 4 atom stereocenters. The van der Waals surface area contributed by atoms with Gasteiger partial charge in [-0.05, 0) is 65.9 Å². The molecule has 6 bridgehead atoms. The Bertz CT molecular complexity index is 2200. The van der Waals surface area contributed by atoms with Gasteiger partial charge in [0.05, 0.1) is 18.8 Å². The zero-order chi connectivity index (χ0) is 41.8. The van der Waals surface area contributed by atoms with Crippen LogP contribution in [0.1, 0.15) is 39.8 Å². The zero-order valence-electron chi connectivity index (χ0n) is 32.8. The lowest BCUT2D eigenvalue weighted by molar-refractivity contribution is -0.129. The van der Waals surface area contributed by atoms with Crippen molar-refractivity contribution in [3.8, 4) is 0 Å². The van der Waals surface area contributed by atoms with Crippen molar-refractivity contribution in [1.29, 1.82) is 5.41 Å². The first-order chi connectivity index (χ1) is 28.4. The Morgan fingerprint density at radius 2 is 1.36 bits per heavy atom. The summed E-state index contributed by atoms with van der Waals surface area (Å²) in [6.07, 6.45) is 0.852. The van der Waals surface area contributed by atoms with Crippen LogP contribution in [0.5, 0.6) is 0 Å². The first kappa shape index (κ1) is 42.7. The van der Waals surface area contributed by atoms with Crippen molar-refractivity contribution in [2.24, 2.45) is 5.73 Å². The number of nitrogens with one attached hydrogen (secondary N) is 6. The molecule has 4 amide bonds. The van der Waals surface area contributed by atoms with E-state index in [0.29, 0.717) is 41.0 Å². The van der Waals surface area contributed by atoms with Crippen LogP contribution >= 0.6 is 0 Å².